The van der Waals surface area contributed by atoms with Crippen LogP contribution in [0, 0.1) is 13.8 Å². The number of urea groups is 1. The van der Waals surface area contributed by atoms with E-state index in [1.165, 1.54) is 15.8 Å². The molecule has 2 N–H and O–H groups in total. The molecule has 0 aliphatic rings. The van der Waals surface area contributed by atoms with E-state index in [-0.39, 0.29) is 6.03 Å². The number of nitrogens with one attached hydrogen (secondary N) is 2. The second-order valence-corrected chi connectivity index (χ2v) is 8.49. The monoisotopic (exact) mass is 431 g/mol. The number of nitrogens with zero attached hydrogens (tertiary/aromatic N) is 1. The van der Waals surface area contributed by atoms with Gasteiger partial charge >= 0.3 is 6.03 Å². The van der Waals surface area contributed by atoms with Crippen molar-refractivity contribution in [2.24, 2.45) is 0 Å². The van der Waals surface area contributed by atoms with Crippen LogP contribution in [0.1, 0.15) is 17.5 Å². The van der Waals surface area contributed by atoms with Crippen LogP contribution in [0.4, 0.5) is 10.5 Å². The number of carbonyl (C=O) groups is 1. The van der Waals surface area contributed by atoms with Crippen molar-refractivity contribution in [3.8, 4) is 16.3 Å². The van der Waals surface area contributed by atoms with E-state index >= 15 is 0 Å². The Morgan fingerprint density at radius 3 is 2.48 bits per heavy atom. The van der Waals surface area contributed by atoms with Gasteiger partial charge in [0.25, 0.3) is 0 Å². The van der Waals surface area contributed by atoms with Crippen molar-refractivity contribution in [1.29, 1.82) is 0 Å². The van der Waals surface area contributed by atoms with Crippen LogP contribution in [0.3, 0.4) is 0 Å². The molecular weight excluding hydrogens is 406 g/mol. The van der Waals surface area contributed by atoms with Crippen molar-refractivity contribution in [3.63, 3.8) is 0 Å². The first-order valence-electron chi connectivity index (χ1n) is 10.3. The van der Waals surface area contributed by atoms with Gasteiger partial charge in [-0.3, -0.25) is 0 Å². The van der Waals surface area contributed by atoms with Crippen LogP contribution < -0.4 is 15.4 Å². The standard InChI is InChI=1S/C25H25N3O2S/c1-17-4-11-21(12-5-17)30-15-3-14-26-25(29)27-20-9-7-19(8-10-20)24-28-22-13-6-18(2)16-23(22)31-24/h4-13,16H,3,14-15H2,1-2H3,(H2,26,27,29). The summed E-state index contributed by atoms with van der Waals surface area (Å²) >= 11 is 1.68. The summed E-state index contributed by atoms with van der Waals surface area (Å²) in [5.74, 6) is 0.846. The topological polar surface area (TPSA) is 63.2 Å². The first-order valence-corrected chi connectivity index (χ1v) is 11.1. The van der Waals surface area contributed by atoms with Crippen LogP contribution in [-0.2, 0) is 0 Å². The summed E-state index contributed by atoms with van der Waals surface area (Å²) < 4.78 is 6.85. The van der Waals surface area contributed by atoms with Gasteiger partial charge in [0.15, 0.2) is 0 Å². The van der Waals surface area contributed by atoms with Crippen molar-refractivity contribution in [2.45, 2.75) is 20.3 Å². The molecule has 1 aromatic heterocycles. The van der Waals surface area contributed by atoms with Crippen molar-refractivity contribution in [2.75, 3.05) is 18.5 Å². The van der Waals surface area contributed by atoms with E-state index < -0.39 is 0 Å². The van der Waals surface area contributed by atoms with E-state index in [1.807, 2.05) is 55.5 Å². The minimum Gasteiger partial charge on any atom is -0.494 e. The van der Waals surface area contributed by atoms with Gasteiger partial charge in [0.1, 0.15) is 10.8 Å². The van der Waals surface area contributed by atoms with E-state index in [0.717, 1.165) is 33.9 Å². The van der Waals surface area contributed by atoms with Crippen molar-refractivity contribution >= 4 is 33.3 Å². The number of benzene rings is 3. The maximum absolute atomic E-state index is 12.1. The second kappa shape index (κ2) is 9.62. The molecule has 0 bridgehead atoms. The normalized spacial score (nSPS) is 10.8. The molecule has 1 heterocycles. The lowest BCUT2D eigenvalue weighted by Crippen LogP contribution is -2.30. The molecule has 6 heteroatoms. The zero-order chi connectivity index (χ0) is 21.6. The van der Waals surface area contributed by atoms with Crippen LogP contribution in [0.15, 0.2) is 66.7 Å². The summed E-state index contributed by atoms with van der Waals surface area (Å²) in [6.07, 6.45) is 0.733. The van der Waals surface area contributed by atoms with Crippen LogP contribution in [0.2, 0.25) is 0 Å². The molecule has 0 spiro atoms. The van der Waals surface area contributed by atoms with E-state index in [4.69, 9.17) is 9.72 Å². The van der Waals surface area contributed by atoms with Gasteiger partial charge < -0.3 is 15.4 Å². The third-order valence-corrected chi connectivity index (χ3v) is 5.90. The highest BCUT2D eigenvalue weighted by Crippen LogP contribution is 2.31. The number of fused-ring (bicyclic) bond motifs is 1. The van der Waals surface area contributed by atoms with Gasteiger partial charge in [-0.15, -0.1) is 11.3 Å². The number of hydrogen-bond acceptors (Lipinski definition) is 4. The summed E-state index contributed by atoms with van der Waals surface area (Å²) in [6.45, 7) is 5.23. The molecular formula is C25H25N3O2S. The first kappa shape index (κ1) is 20.9. The minimum atomic E-state index is -0.224. The second-order valence-electron chi connectivity index (χ2n) is 7.46. The largest absolute Gasteiger partial charge is 0.494 e. The molecule has 158 valence electrons. The number of ether oxygens (including phenoxy) is 1. The fourth-order valence-electron chi connectivity index (χ4n) is 3.13. The SMILES string of the molecule is Cc1ccc(OCCCNC(=O)Nc2ccc(-c3nc4ccc(C)cc4s3)cc2)cc1. The van der Waals surface area contributed by atoms with Crippen LogP contribution in [-0.4, -0.2) is 24.2 Å². The number of anilines is 1. The van der Waals surface area contributed by atoms with Crippen molar-refractivity contribution in [1.82, 2.24) is 10.3 Å². The number of hydrogen-bond donors (Lipinski definition) is 2. The number of rotatable bonds is 7. The highest BCUT2D eigenvalue weighted by Gasteiger charge is 2.07. The molecule has 0 aliphatic carbocycles. The molecule has 0 aliphatic heterocycles. The Morgan fingerprint density at radius 2 is 1.71 bits per heavy atom. The van der Waals surface area contributed by atoms with Crippen molar-refractivity contribution < 1.29 is 9.53 Å². The van der Waals surface area contributed by atoms with E-state index in [0.29, 0.717) is 13.2 Å². The number of thiazole rings is 1. The fourth-order valence-corrected chi connectivity index (χ4v) is 4.19. The van der Waals surface area contributed by atoms with Gasteiger partial charge in [-0.2, -0.15) is 0 Å². The van der Waals surface area contributed by atoms with Crippen LogP contribution in [0.25, 0.3) is 20.8 Å². The van der Waals surface area contributed by atoms with Gasteiger partial charge in [0.05, 0.1) is 16.8 Å². The molecule has 0 radical (unpaired) electrons. The smallest absolute Gasteiger partial charge is 0.319 e. The summed E-state index contributed by atoms with van der Waals surface area (Å²) in [5, 5.41) is 6.69. The summed E-state index contributed by atoms with van der Waals surface area (Å²) in [7, 11) is 0. The van der Waals surface area contributed by atoms with Gasteiger partial charge in [0, 0.05) is 17.8 Å². The van der Waals surface area contributed by atoms with Crippen molar-refractivity contribution in [3.05, 3.63) is 77.9 Å². The molecule has 3 aromatic carbocycles. The number of aryl methyl sites for hydroxylation is 2. The predicted octanol–water partition coefficient (Wildman–Crippen LogP) is 6.17. The molecule has 0 saturated carbocycles. The lowest BCUT2D eigenvalue weighted by Gasteiger charge is -2.09. The quantitative estimate of drug-likeness (QED) is 0.344. The fraction of sp³-hybridized carbons (Fsp3) is 0.200. The molecule has 0 saturated heterocycles. The highest BCUT2D eigenvalue weighted by atomic mass is 32.1. The zero-order valence-corrected chi connectivity index (χ0v) is 18.5. The van der Waals surface area contributed by atoms with Crippen LogP contribution >= 0.6 is 11.3 Å². The maximum Gasteiger partial charge on any atom is 0.319 e. The molecule has 5 nitrogen and oxygen atoms in total. The van der Waals surface area contributed by atoms with Gasteiger partial charge in [0.2, 0.25) is 0 Å². The Bertz CT molecular complexity index is 1170. The third-order valence-electron chi connectivity index (χ3n) is 4.83. The zero-order valence-electron chi connectivity index (χ0n) is 17.6. The average Bonchev–Trinajstić information content (AvgIpc) is 3.18. The number of carbonyl (C=O) groups excluding carboxylic acids is 1. The Labute approximate surface area is 186 Å². The number of aromatic nitrogens is 1. The van der Waals surface area contributed by atoms with E-state index in [9.17, 15) is 4.79 Å². The lowest BCUT2D eigenvalue weighted by molar-refractivity contribution is 0.250. The lowest BCUT2D eigenvalue weighted by atomic mass is 10.2. The Balaban J connectivity index is 1.23. The Kier molecular flexibility index (Phi) is 6.48. The van der Waals surface area contributed by atoms with E-state index in [1.54, 1.807) is 11.3 Å². The van der Waals surface area contributed by atoms with Gasteiger partial charge in [-0.05, 0) is 74.4 Å². The Morgan fingerprint density at radius 1 is 0.968 bits per heavy atom. The minimum absolute atomic E-state index is 0.224. The predicted molar refractivity (Wildman–Crippen MR) is 128 cm³/mol. The molecule has 4 aromatic rings. The molecule has 31 heavy (non-hydrogen) atoms. The maximum atomic E-state index is 12.1. The highest BCUT2D eigenvalue weighted by molar-refractivity contribution is 7.21. The molecule has 2 amide bonds. The van der Waals surface area contributed by atoms with E-state index in [2.05, 4.69) is 35.8 Å². The summed E-state index contributed by atoms with van der Waals surface area (Å²) in [5.41, 5.74) is 5.23. The first-order chi connectivity index (χ1) is 15.1. The molecule has 4 rings (SSSR count). The molecule has 0 atom stereocenters. The summed E-state index contributed by atoms with van der Waals surface area (Å²) in [6, 6.07) is 21.8. The number of amides is 2. The Hall–Kier alpha value is -3.38. The third kappa shape index (κ3) is 5.61. The van der Waals surface area contributed by atoms with Crippen LogP contribution in [0.5, 0.6) is 5.75 Å². The van der Waals surface area contributed by atoms with Gasteiger partial charge in [-0.25, -0.2) is 9.78 Å². The molecule has 0 fully saturated rings. The average molecular weight is 432 g/mol. The molecule has 0 unspecified atom stereocenters. The summed E-state index contributed by atoms with van der Waals surface area (Å²) in [4.78, 5) is 16.8. The van der Waals surface area contributed by atoms with Gasteiger partial charge in [-0.1, -0.05) is 23.8 Å².